The van der Waals surface area contributed by atoms with Gasteiger partial charge in [-0.3, -0.25) is 4.57 Å². The minimum absolute atomic E-state index is 0.139. The molecule has 84 valence electrons. The highest BCUT2D eigenvalue weighted by Gasteiger charge is 2.00. The Hall–Kier alpha value is -2.56. The van der Waals surface area contributed by atoms with Gasteiger partial charge < -0.3 is 9.55 Å². The number of rotatable bonds is 2. The predicted molar refractivity (Wildman–Crippen MR) is 63.5 cm³/mol. The third-order valence-corrected chi connectivity index (χ3v) is 2.58. The lowest BCUT2D eigenvalue weighted by Gasteiger charge is -2.04. The van der Waals surface area contributed by atoms with Gasteiger partial charge in [-0.05, 0) is 24.3 Å². The zero-order valence-corrected chi connectivity index (χ0v) is 8.95. The second-order valence-corrected chi connectivity index (χ2v) is 3.62. The lowest BCUT2D eigenvalue weighted by molar-refractivity contribution is 0.981. The second-order valence-electron chi connectivity index (χ2n) is 3.62. The highest BCUT2D eigenvalue weighted by Crippen LogP contribution is 2.11. The molecular weight excluding hydrogens is 216 g/mol. The minimum atomic E-state index is -0.139. The van der Waals surface area contributed by atoms with Crippen LogP contribution in [0.2, 0.25) is 0 Å². The molecule has 0 fully saturated rings. The largest absolute Gasteiger partial charge is 0.330 e. The van der Waals surface area contributed by atoms with E-state index < -0.39 is 0 Å². The molecule has 2 aromatic heterocycles. The summed E-state index contributed by atoms with van der Waals surface area (Å²) in [5.41, 5.74) is 1.70. The van der Waals surface area contributed by atoms with Gasteiger partial charge in [-0.2, -0.15) is 0 Å². The third kappa shape index (κ3) is 1.67. The van der Waals surface area contributed by atoms with Crippen molar-refractivity contribution in [1.82, 2.24) is 19.1 Å². The molecule has 0 bridgehead atoms. The van der Waals surface area contributed by atoms with Crippen LogP contribution in [-0.2, 0) is 0 Å². The normalized spacial score (nSPS) is 10.6. The molecular formula is C12H10N4O. The maximum atomic E-state index is 11.4. The monoisotopic (exact) mass is 226 g/mol. The Bertz CT molecular complexity index is 661. The van der Waals surface area contributed by atoms with Crippen molar-refractivity contribution in [1.29, 1.82) is 0 Å². The molecule has 2 heterocycles. The van der Waals surface area contributed by atoms with Crippen LogP contribution in [0.4, 0.5) is 0 Å². The fourth-order valence-corrected chi connectivity index (χ4v) is 1.72. The first-order valence-electron chi connectivity index (χ1n) is 5.19. The van der Waals surface area contributed by atoms with Gasteiger partial charge in [0, 0.05) is 30.5 Å². The molecule has 1 aromatic carbocycles. The predicted octanol–water partition coefficient (Wildman–Crippen LogP) is 1.35. The summed E-state index contributed by atoms with van der Waals surface area (Å²) in [5, 5.41) is 0. The fraction of sp³-hybridized carbons (Fsp3) is 0. The third-order valence-electron chi connectivity index (χ3n) is 2.58. The van der Waals surface area contributed by atoms with E-state index in [-0.39, 0.29) is 5.69 Å². The Labute approximate surface area is 97.0 Å². The zero-order valence-electron chi connectivity index (χ0n) is 8.95. The van der Waals surface area contributed by atoms with Gasteiger partial charge in [-0.15, -0.1) is 0 Å². The van der Waals surface area contributed by atoms with Gasteiger partial charge in [0.1, 0.15) is 0 Å². The highest BCUT2D eigenvalue weighted by molar-refractivity contribution is 5.41. The minimum Gasteiger partial charge on any atom is -0.312 e. The van der Waals surface area contributed by atoms with Crippen LogP contribution in [0.3, 0.4) is 0 Å². The van der Waals surface area contributed by atoms with Crippen LogP contribution >= 0.6 is 0 Å². The molecule has 1 N–H and O–H groups in total. The summed E-state index contributed by atoms with van der Waals surface area (Å²) in [4.78, 5) is 18.0. The summed E-state index contributed by atoms with van der Waals surface area (Å²) in [6, 6.07) is 7.67. The average Bonchev–Trinajstić information content (AvgIpc) is 3.00. The number of nitrogens with zero attached hydrogens (tertiary/aromatic N) is 3. The van der Waals surface area contributed by atoms with Gasteiger partial charge >= 0.3 is 5.69 Å². The maximum Gasteiger partial charge on any atom is 0.330 e. The van der Waals surface area contributed by atoms with Crippen molar-refractivity contribution in [2.45, 2.75) is 0 Å². The van der Waals surface area contributed by atoms with Crippen LogP contribution in [0.1, 0.15) is 0 Å². The van der Waals surface area contributed by atoms with E-state index >= 15 is 0 Å². The number of benzene rings is 1. The lowest BCUT2D eigenvalue weighted by Crippen LogP contribution is -2.13. The highest BCUT2D eigenvalue weighted by atomic mass is 16.1. The standard InChI is InChI=1S/C12H10N4O/c17-12-14-6-8-16(12)11-3-1-10(2-4-11)15-7-5-13-9-15/h1-9H,(H,14,17). The molecule has 0 aliphatic rings. The molecule has 0 unspecified atom stereocenters. The fourth-order valence-electron chi connectivity index (χ4n) is 1.72. The summed E-state index contributed by atoms with van der Waals surface area (Å²) in [7, 11) is 0. The number of hydrogen-bond donors (Lipinski definition) is 1. The lowest BCUT2D eigenvalue weighted by atomic mass is 10.3. The van der Waals surface area contributed by atoms with E-state index in [1.807, 2.05) is 35.0 Å². The molecule has 0 aliphatic heterocycles. The summed E-state index contributed by atoms with van der Waals surface area (Å²) in [6.07, 6.45) is 8.65. The topological polar surface area (TPSA) is 55.6 Å². The van der Waals surface area contributed by atoms with Gasteiger partial charge in [-0.25, -0.2) is 9.78 Å². The van der Waals surface area contributed by atoms with Gasteiger partial charge in [0.05, 0.1) is 12.0 Å². The van der Waals surface area contributed by atoms with Crippen molar-refractivity contribution in [3.05, 3.63) is 65.9 Å². The van der Waals surface area contributed by atoms with Gasteiger partial charge in [-0.1, -0.05) is 0 Å². The van der Waals surface area contributed by atoms with Crippen molar-refractivity contribution in [3.8, 4) is 11.4 Å². The molecule has 5 heteroatoms. The van der Waals surface area contributed by atoms with E-state index in [9.17, 15) is 4.79 Å². The second kappa shape index (κ2) is 3.79. The number of aromatic nitrogens is 4. The summed E-state index contributed by atoms with van der Waals surface area (Å²) >= 11 is 0. The van der Waals surface area contributed by atoms with Crippen LogP contribution in [0.25, 0.3) is 11.4 Å². The van der Waals surface area contributed by atoms with Crippen molar-refractivity contribution in [2.75, 3.05) is 0 Å². The molecule has 0 aliphatic carbocycles. The first-order chi connectivity index (χ1) is 8.34. The molecule has 0 saturated heterocycles. The van der Waals surface area contributed by atoms with Crippen molar-refractivity contribution in [2.24, 2.45) is 0 Å². The van der Waals surface area contributed by atoms with Gasteiger partial charge in [0.15, 0.2) is 0 Å². The van der Waals surface area contributed by atoms with Crippen LogP contribution in [-0.4, -0.2) is 19.1 Å². The van der Waals surface area contributed by atoms with Gasteiger partial charge in [0.2, 0.25) is 0 Å². The number of imidazole rings is 2. The van der Waals surface area contributed by atoms with Crippen LogP contribution in [0, 0.1) is 0 Å². The molecule has 0 spiro atoms. The van der Waals surface area contributed by atoms with Crippen LogP contribution in [0.5, 0.6) is 0 Å². The Morgan fingerprint density at radius 1 is 1.06 bits per heavy atom. The Morgan fingerprint density at radius 2 is 1.82 bits per heavy atom. The molecule has 0 amide bonds. The SMILES string of the molecule is O=c1[nH]ccn1-c1ccc(-n2ccnc2)cc1. The molecule has 3 aromatic rings. The van der Waals surface area contributed by atoms with Gasteiger partial charge in [0.25, 0.3) is 0 Å². The van der Waals surface area contributed by atoms with E-state index in [0.717, 1.165) is 11.4 Å². The van der Waals surface area contributed by atoms with E-state index in [4.69, 9.17) is 0 Å². The number of hydrogen-bond acceptors (Lipinski definition) is 2. The number of aromatic amines is 1. The Morgan fingerprint density at radius 3 is 2.41 bits per heavy atom. The van der Waals surface area contributed by atoms with E-state index in [1.165, 1.54) is 0 Å². The first-order valence-corrected chi connectivity index (χ1v) is 5.19. The van der Waals surface area contributed by atoms with E-state index in [2.05, 4.69) is 9.97 Å². The van der Waals surface area contributed by atoms with Crippen molar-refractivity contribution >= 4 is 0 Å². The smallest absolute Gasteiger partial charge is 0.312 e. The summed E-state index contributed by atoms with van der Waals surface area (Å²) in [6.45, 7) is 0. The van der Waals surface area contributed by atoms with Crippen LogP contribution in [0.15, 0.2) is 60.2 Å². The molecule has 5 nitrogen and oxygen atoms in total. The van der Waals surface area contributed by atoms with Crippen molar-refractivity contribution < 1.29 is 0 Å². The molecule has 0 saturated carbocycles. The number of nitrogens with one attached hydrogen (secondary N) is 1. The van der Waals surface area contributed by atoms with Crippen molar-refractivity contribution in [3.63, 3.8) is 0 Å². The molecule has 17 heavy (non-hydrogen) atoms. The van der Waals surface area contributed by atoms with Crippen LogP contribution < -0.4 is 5.69 Å². The van der Waals surface area contributed by atoms with E-state index in [1.54, 1.807) is 29.5 Å². The molecule has 0 radical (unpaired) electrons. The summed E-state index contributed by atoms with van der Waals surface area (Å²) < 4.78 is 3.46. The average molecular weight is 226 g/mol. The Balaban J connectivity index is 2.01. The quantitative estimate of drug-likeness (QED) is 0.717. The summed E-state index contributed by atoms with van der Waals surface area (Å²) in [5.74, 6) is 0. The maximum absolute atomic E-state index is 11.4. The Kier molecular flexibility index (Phi) is 2.15. The molecule has 3 rings (SSSR count). The first kappa shape index (κ1) is 9.65. The zero-order chi connectivity index (χ0) is 11.7. The van der Waals surface area contributed by atoms with E-state index in [0.29, 0.717) is 0 Å². The number of H-pyrrole nitrogens is 1. The molecule has 0 atom stereocenters.